The Hall–Kier alpha value is -1.96. The van der Waals surface area contributed by atoms with Crippen LogP contribution in [0.25, 0.3) is 0 Å². The van der Waals surface area contributed by atoms with Crippen molar-refractivity contribution in [2.75, 3.05) is 6.61 Å². The lowest BCUT2D eigenvalue weighted by atomic mass is 10.1. The Kier molecular flexibility index (Phi) is 13.8. The van der Waals surface area contributed by atoms with Crippen LogP contribution in [-0.4, -0.2) is 18.7 Å². The van der Waals surface area contributed by atoms with E-state index in [9.17, 15) is 0 Å². The molecule has 0 amide bonds. The third-order valence-electron chi connectivity index (χ3n) is 4.26. The summed E-state index contributed by atoms with van der Waals surface area (Å²) in [6.07, 6.45) is 23.4. The minimum atomic E-state index is 0.277. The fourth-order valence-corrected chi connectivity index (χ4v) is 3.09. The number of hydrogen-bond acceptors (Lipinski definition) is 3. The third-order valence-corrected chi connectivity index (χ3v) is 4.91. The molecular weight excluding hydrogens is 405 g/mol. The second-order valence-electron chi connectivity index (χ2n) is 6.61. The molecule has 4 nitrogen and oxygen atoms in total. The molecule has 158 valence electrons. The van der Waals surface area contributed by atoms with Crippen LogP contribution < -0.4 is 5.43 Å². The maximum Gasteiger partial charge on any atom is 0.198 e. The van der Waals surface area contributed by atoms with Gasteiger partial charge < -0.3 is 4.74 Å². The van der Waals surface area contributed by atoms with Crippen LogP contribution in [0.3, 0.4) is 0 Å². The van der Waals surface area contributed by atoms with Gasteiger partial charge in [0.2, 0.25) is 0 Å². The molecule has 29 heavy (non-hydrogen) atoms. The summed E-state index contributed by atoms with van der Waals surface area (Å²) in [5.41, 5.74) is 3.77. The summed E-state index contributed by atoms with van der Waals surface area (Å²) in [7, 11) is 0. The Morgan fingerprint density at radius 2 is 2.03 bits per heavy atom. The van der Waals surface area contributed by atoms with E-state index in [-0.39, 0.29) is 6.61 Å². The lowest BCUT2D eigenvalue weighted by Crippen LogP contribution is -2.22. The van der Waals surface area contributed by atoms with Gasteiger partial charge in [-0.1, -0.05) is 74.7 Å². The molecule has 0 heterocycles. The first-order valence-corrected chi connectivity index (χ1v) is 10.9. The second-order valence-corrected chi connectivity index (χ2v) is 7.50. The Bertz CT molecular complexity index is 725. The predicted molar refractivity (Wildman–Crippen MR) is 126 cm³/mol. The van der Waals surface area contributed by atoms with Crippen molar-refractivity contribution in [3.8, 4) is 12.5 Å². The molecule has 0 unspecified atom stereocenters. The minimum absolute atomic E-state index is 0.277. The number of halogens is 2. The quantitative estimate of drug-likeness (QED) is 0.0914. The summed E-state index contributed by atoms with van der Waals surface area (Å²) >= 11 is 12.4. The van der Waals surface area contributed by atoms with E-state index >= 15 is 0 Å². The van der Waals surface area contributed by atoms with Crippen molar-refractivity contribution in [1.29, 1.82) is 0 Å². The largest absolute Gasteiger partial charge is 0.486 e. The zero-order valence-electron chi connectivity index (χ0n) is 17.4. The van der Waals surface area contributed by atoms with Crippen molar-refractivity contribution < 1.29 is 4.74 Å². The molecule has 0 spiro atoms. The van der Waals surface area contributed by atoms with Crippen molar-refractivity contribution >= 4 is 35.3 Å². The molecule has 0 bridgehead atoms. The Morgan fingerprint density at radius 1 is 1.28 bits per heavy atom. The highest BCUT2D eigenvalue weighted by Crippen LogP contribution is 2.25. The predicted octanol–water partition coefficient (Wildman–Crippen LogP) is 6.80. The summed E-state index contributed by atoms with van der Waals surface area (Å²) < 4.78 is 5.89. The molecular formula is C23H31Cl2N3O. The van der Waals surface area contributed by atoms with E-state index in [0.29, 0.717) is 28.1 Å². The van der Waals surface area contributed by atoms with Gasteiger partial charge in [-0.15, -0.1) is 0 Å². The lowest BCUT2D eigenvalue weighted by molar-refractivity contribution is 0.256. The van der Waals surface area contributed by atoms with E-state index in [2.05, 4.69) is 28.5 Å². The second kappa shape index (κ2) is 15.9. The molecule has 0 saturated heterocycles. The third kappa shape index (κ3) is 11.0. The molecule has 1 N–H and O–H groups in total. The molecule has 0 aromatic heterocycles. The van der Waals surface area contributed by atoms with Gasteiger partial charge in [0.25, 0.3) is 0 Å². The Labute approximate surface area is 185 Å². The van der Waals surface area contributed by atoms with Crippen molar-refractivity contribution in [2.24, 2.45) is 10.1 Å². The van der Waals surface area contributed by atoms with Crippen LogP contribution in [0, 0.1) is 12.5 Å². The Morgan fingerprint density at radius 3 is 2.76 bits per heavy atom. The zero-order chi connectivity index (χ0) is 21.3. The van der Waals surface area contributed by atoms with Gasteiger partial charge in [-0.2, -0.15) is 10.1 Å². The van der Waals surface area contributed by atoms with Gasteiger partial charge in [0.15, 0.2) is 11.6 Å². The van der Waals surface area contributed by atoms with E-state index in [1.165, 1.54) is 32.1 Å². The molecule has 0 fully saturated rings. The molecule has 0 aromatic rings. The van der Waals surface area contributed by atoms with Gasteiger partial charge in [-0.05, 0) is 43.6 Å². The van der Waals surface area contributed by atoms with Crippen LogP contribution in [0.1, 0.15) is 65.2 Å². The zero-order valence-corrected chi connectivity index (χ0v) is 18.9. The van der Waals surface area contributed by atoms with Crippen LogP contribution in [0.5, 0.6) is 0 Å². The minimum Gasteiger partial charge on any atom is -0.486 e. The average molecular weight is 436 g/mol. The number of aliphatic imine (C=N–C) groups is 1. The number of nitrogens with zero attached hydrogens (tertiary/aromatic N) is 2. The van der Waals surface area contributed by atoms with Crippen molar-refractivity contribution in [3.63, 3.8) is 0 Å². The van der Waals surface area contributed by atoms with E-state index in [4.69, 9.17) is 34.4 Å². The van der Waals surface area contributed by atoms with Crippen LogP contribution in [0.2, 0.25) is 0 Å². The van der Waals surface area contributed by atoms with Crippen molar-refractivity contribution in [1.82, 2.24) is 5.43 Å². The molecule has 0 aromatic carbocycles. The molecule has 1 rings (SSSR count). The number of ether oxygens (including phenoxy) is 1. The highest BCUT2D eigenvalue weighted by molar-refractivity contribution is 6.33. The molecule has 0 radical (unpaired) electrons. The van der Waals surface area contributed by atoms with Gasteiger partial charge in [0.05, 0.1) is 0 Å². The van der Waals surface area contributed by atoms with Gasteiger partial charge in [0, 0.05) is 28.7 Å². The first-order valence-electron chi connectivity index (χ1n) is 10.1. The molecule has 1 aliphatic carbocycles. The fraction of sp³-hybridized carbons (Fsp3) is 0.478. The molecule has 0 atom stereocenters. The number of allylic oxidation sites excluding steroid dienone is 6. The number of amidine groups is 1. The van der Waals surface area contributed by atoms with Crippen LogP contribution in [0.4, 0.5) is 0 Å². The summed E-state index contributed by atoms with van der Waals surface area (Å²) in [5, 5.41) is 5.55. The molecule has 0 saturated carbocycles. The summed E-state index contributed by atoms with van der Waals surface area (Å²) in [4.78, 5) is 4.01. The normalized spacial score (nSPS) is 15.3. The Balaban J connectivity index is 2.53. The SMILES string of the molecule is C#CN=C(N/N=C/CCCCCCCC)/C(=C\C)OCC1=C(Cl)C=CC=C(Cl)C1. The van der Waals surface area contributed by atoms with Gasteiger partial charge >= 0.3 is 0 Å². The number of rotatable bonds is 12. The molecule has 6 heteroatoms. The first kappa shape index (κ1) is 25.1. The highest BCUT2D eigenvalue weighted by atomic mass is 35.5. The fourth-order valence-electron chi connectivity index (χ4n) is 2.66. The smallest absolute Gasteiger partial charge is 0.198 e. The number of unbranched alkanes of at least 4 members (excludes halogenated alkanes) is 6. The van der Waals surface area contributed by atoms with Crippen molar-refractivity contribution in [3.05, 3.63) is 45.7 Å². The number of hydrazone groups is 1. The lowest BCUT2D eigenvalue weighted by Gasteiger charge is -2.14. The topological polar surface area (TPSA) is 46.0 Å². The van der Waals surface area contributed by atoms with Crippen LogP contribution in [-0.2, 0) is 4.74 Å². The monoisotopic (exact) mass is 435 g/mol. The molecule has 1 aliphatic rings. The first-order chi connectivity index (χ1) is 14.1. The van der Waals surface area contributed by atoms with E-state index in [0.717, 1.165) is 18.4 Å². The van der Waals surface area contributed by atoms with Gasteiger partial charge in [-0.25, -0.2) is 0 Å². The van der Waals surface area contributed by atoms with E-state index in [1.54, 1.807) is 12.2 Å². The maximum absolute atomic E-state index is 6.29. The van der Waals surface area contributed by atoms with Gasteiger partial charge in [0.1, 0.15) is 6.61 Å². The maximum atomic E-state index is 6.29. The molecule has 0 aliphatic heterocycles. The highest BCUT2D eigenvalue weighted by Gasteiger charge is 2.12. The van der Waals surface area contributed by atoms with Crippen LogP contribution >= 0.6 is 23.2 Å². The van der Waals surface area contributed by atoms with Crippen molar-refractivity contribution in [2.45, 2.75) is 65.2 Å². The summed E-state index contributed by atoms with van der Waals surface area (Å²) in [6.45, 7) is 4.35. The summed E-state index contributed by atoms with van der Waals surface area (Å²) in [6, 6.07) is 2.28. The van der Waals surface area contributed by atoms with Crippen LogP contribution in [0.15, 0.2) is 55.8 Å². The van der Waals surface area contributed by atoms with E-state index < -0.39 is 0 Å². The number of nitrogens with one attached hydrogen (secondary N) is 1. The average Bonchev–Trinajstić information content (AvgIpc) is 2.87. The standard InChI is InChI=1S/C23H31Cl2N3O/c1-4-7-8-9-10-11-12-16-27-28-23(26-6-3)22(5-2)29-18-19-17-20(24)14-13-15-21(19)25/h3,5,13-16H,4,7-12,17-18H2,1-2H3,(H,26,28)/b22-5+,27-16+. The van der Waals surface area contributed by atoms with E-state index in [1.807, 2.05) is 25.3 Å². The number of hydrogen-bond donors (Lipinski definition) is 1. The number of terminal acetylenes is 1. The summed E-state index contributed by atoms with van der Waals surface area (Å²) in [5.74, 6) is 0.890. The van der Waals surface area contributed by atoms with Gasteiger partial charge in [-0.3, -0.25) is 5.43 Å².